The number of ether oxygens (including phenoxy) is 2. The molecule has 0 unspecified atom stereocenters. The number of nitrogens with one attached hydrogen (secondary N) is 1. The number of benzene rings is 2. The summed E-state index contributed by atoms with van der Waals surface area (Å²) in [6.07, 6.45) is 4.81. The van der Waals surface area contributed by atoms with Gasteiger partial charge in [0.05, 0.1) is 12.6 Å². The Labute approximate surface area is 180 Å². The molecule has 7 nitrogen and oxygen atoms in total. The summed E-state index contributed by atoms with van der Waals surface area (Å²) in [5, 5.41) is 3.85. The first kappa shape index (κ1) is 21.8. The van der Waals surface area contributed by atoms with E-state index in [1.54, 1.807) is 36.5 Å². The van der Waals surface area contributed by atoms with Crippen LogP contribution in [0.4, 0.5) is 4.79 Å². The highest BCUT2D eigenvalue weighted by atomic mass is 16.5. The predicted octanol–water partition coefficient (Wildman–Crippen LogP) is 3.94. The third kappa shape index (κ3) is 5.39. The molecule has 0 saturated heterocycles. The maximum absolute atomic E-state index is 12.4. The first-order valence-corrected chi connectivity index (χ1v) is 9.82. The molecule has 0 bridgehead atoms. The number of methoxy groups -OCH3 is 1. The molecule has 3 rings (SSSR count). The van der Waals surface area contributed by atoms with E-state index in [0.29, 0.717) is 17.7 Å². The molecule has 1 N–H and O–H groups in total. The number of para-hydroxylation sites is 2. The van der Waals surface area contributed by atoms with Crippen molar-refractivity contribution in [2.75, 3.05) is 7.11 Å². The van der Waals surface area contributed by atoms with E-state index in [9.17, 15) is 14.4 Å². The Morgan fingerprint density at radius 1 is 1.10 bits per heavy atom. The molecule has 2 aromatic carbocycles. The summed E-state index contributed by atoms with van der Waals surface area (Å²) in [5.41, 5.74) is 2.31. The average molecular weight is 420 g/mol. The number of rotatable bonds is 6. The maximum atomic E-state index is 12.4. The second-order valence-electron chi connectivity index (χ2n) is 7.09. The van der Waals surface area contributed by atoms with E-state index in [0.717, 1.165) is 16.5 Å². The molecule has 1 aromatic heterocycles. The molecular formula is C24H24N2O5. The van der Waals surface area contributed by atoms with E-state index >= 15 is 0 Å². The van der Waals surface area contributed by atoms with E-state index < -0.39 is 12.1 Å². The number of nitrogens with zero attached hydrogens (tertiary/aromatic N) is 1. The lowest BCUT2D eigenvalue weighted by Crippen LogP contribution is -2.32. The number of hydrogen-bond donors (Lipinski definition) is 1. The van der Waals surface area contributed by atoms with Gasteiger partial charge < -0.3 is 14.8 Å². The van der Waals surface area contributed by atoms with Gasteiger partial charge in [-0.1, -0.05) is 36.4 Å². The fourth-order valence-electron chi connectivity index (χ4n) is 3.37. The SMILES string of the molecule is COC(=O)n1cc(C[C@@H](C)NC(=O)C=Cc2ccccc2OC(C)=O)c2ccccc21. The number of carbonyl (C=O) groups excluding carboxylic acids is 3. The number of amides is 1. The largest absolute Gasteiger partial charge is 0.452 e. The summed E-state index contributed by atoms with van der Waals surface area (Å²) < 4.78 is 11.5. The van der Waals surface area contributed by atoms with Crippen molar-refractivity contribution < 1.29 is 23.9 Å². The first-order chi connectivity index (χ1) is 14.9. The second kappa shape index (κ2) is 9.75. The maximum Gasteiger partial charge on any atom is 0.418 e. The molecule has 0 aliphatic carbocycles. The van der Waals surface area contributed by atoms with Gasteiger partial charge in [-0.25, -0.2) is 4.79 Å². The number of carbonyl (C=O) groups is 3. The van der Waals surface area contributed by atoms with Crippen LogP contribution in [0.1, 0.15) is 25.0 Å². The van der Waals surface area contributed by atoms with Crippen LogP contribution in [-0.2, 0) is 20.7 Å². The molecule has 31 heavy (non-hydrogen) atoms. The van der Waals surface area contributed by atoms with Crippen LogP contribution in [0.15, 0.2) is 60.8 Å². The Bertz CT molecular complexity index is 1150. The number of fused-ring (bicyclic) bond motifs is 1. The summed E-state index contributed by atoms with van der Waals surface area (Å²) in [4.78, 5) is 35.7. The molecule has 1 amide bonds. The van der Waals surface area contributed by atoms with Gasteiger partial charge in [0.1, 0.15) is 5.75 Å². The summed E-state index contributed by atoms with van der Waals surface area (Å²) >= 11 is 0. The number of esters is 1. The van der Waals surface area contributed by atoms with Crippen molar-refractivity contribution >= 4 is 34.9 Å². The fourth-order valence-corrected chi connectivity index (χ4v) is 3.37. The van der Waals surface area contributed by atoms with Gasteiger partial charge in [0.15, 0.2) is 0 Å². The number of hydrogen-bond acceptors (Lipinski definition) is 5. The van der Waals surface area contributed by atoms with Gasteiger partial charge in [-0.3, -0.25) is 14.2 Å². The van der Waals surface area contributed by atoms with Crippen LogP contribution in [0.5, 0.6) is 5.75 Å². The van der Waals surface area contributed by atoms with Crippen LogP contribution in [0.25, 0.3) is 17.0 Å². The standard InChI is InChI=1S/C24H24N2O5/c1-16(14-19-15-26(24(29)30-3)21-10-6-5-9-20(19)21)25-23(28)13-12-18-8-4-7-11-22(18)31-17(2)27/h4-13,15-16H,14H2,1-3H3,(H,25,28)/t16-/m1/s1. The Balaban J connectivity index is 1.70. The lowest BCUT2D eigenvalue weighted by atomic mass is 10.1. The van der Waals surface area contributed by atoms with Crippen LogP contribution in [0.2, 0.25) is 0 Å². The molecule has 160 valence electrons. The minimum Gasteiger partial charge on any atom is -0.452 e. The minimum atomic E-state index is -0.464. The van der Waals surface area contributed by atoms with E-state index in [1.807, 2.05) is 31.2 Å². The molecule has 0 aliphatic rings. The predicted molar refractivity (Wildman–Crippen MR) is 118 cm³/mol. The molecule has 7 heteroatoms. The topological polar surface area (TPSA) is 86.6 Å². The molecule has 0 saturated carbocycles. The van der Waals surface area contributed by atoms with Gasteiger partial charge in [0, 0.05) is 36.2 Å². The lowest BCUT2D eigenvalue weighted by molar-refractivity contribution is -0.131. The Morgan fingerprint density at radius 2 is 1.81 bits per heavy atom. The van der Waals surface area contributed by atoms with Crippen LogP contribution < -0.4 is 10.1 Å². The van der Waals surface area contributed by atoms with Crippen molar-refractivity contribution in [3.8, 4) is 5.75 Å². The van der Waals surface area contributed by atoms with Crippen molar-refractivity contribution in [3.63, 3.8) is 0 Å². The lowest BCUT2D eigenvalue weighted by Gasteiger charge is -2.12. The Hall–Kier alpha value is -3.87. The summed E-state index contributed by atoms with van der Waals surface area (Å²) in [5.74, 6) is -0.311. The fraction of sp³-hybridized carbons (Fsp3) is 0.208. The quantitative estimate of drug-likeness (QED) is 0.371. The van der Waals surface area contributed by atoms with Gasteiger partial charge in [-0.15, -0.1) is 0 Å². The third-order valence-electron chi connectivity index (χ3n) is 4.67. The monoisotopic (exact) mass is 420 g/mol. The Morgan fingerprint density at radius 3 is 2.55 bits per heavy atom. The highest BCUT2D eigenvalue weighted by Gasteiger charge is 2.16. The molecule has 0 radical (unpaired) electrons. The van der Waals surface area contributed by atoms with Crippen molar-refractivity contribution in [2.24, 2.45) is 0 Å². The van der Waals surface area contributed by atoms with Crippen molar-refractivity contribution in [2.45, 2.75) is 26.3 Å². The molecule has 1 atom stereocenters. The number of aromatic nitrogens is 1. The zero-order valence-corrected chi connectivity index (χ0v) is 17.6. The molecular weight excluding hydrogens is 396 g/mol. The first-order valence-electron chi connectivity index (χ1n) is 9.82. The molecule has 0 fully saturated rings. The van der Waals surface area contributed by atoms with Crippen LogP contribution >= 0.6 is 0 Å². The van der Waals surface area contributed by atoms with Crippen LogP contribution in [-0.4, -0.2) is 35.7 Å². The average Bonchev–Trinajstić information content (AvgIpc) is 3.10. The minimum absolute atomic E-state index is 0.183. The van der Waals surface area contributed by atoms with Crippen LogP contribution in [0, 0.1) is 0 Å². The Kier molecular flexibility index (Phi) is 6.87. The highest BCUT2D eigenvalue weighted by Crippen LogP contribution is 2.23. The van der Waals surface area contributed by atoms with Gasteiger partial charge >= 0.3 is 12.1 Å². The summed E-state index contributed by atoms with van der Waals surface area (Å²) in [7, 11) is 1.34. The zero-order valence-electron chi connectivity index (χ0n) is 17.6. The van der Waals surface area contributed by atoms with Crippen molar-refractivity contribution in [3.05, 3.63) is 71.9 Å². The molecule has 1 heterocycles. The highest BCUT2D eigenvalue weighted by molar-refractivity contribution is 5.93. The normalized spacial score (nSPS) is 12.0. The van der Waals surface area contributed by atoms with Gasteiger partial charge in [0.25, 0.3) is 0 Å². The van der Waals surface area contributed by atoms with Crippen molar-refractivity contribution in [1.29, 1.82) is 0 Å². The third-order valence-corrected chi connectivity index (χ3v) is 4.67. The zero-order chi connectivity index (χ0) is 22.4. The van der Waals surface area contributed by atoms with E-state index in [1.165, 1.54) is 24.7 Å². The van der Waals surface area contributed by atoms with Crippen molar-refractivity contribution in [1.82, 2.24) is 9.88 Å². The van der Waals surface area contributed by atoms with E-state index in [-0.39, 0.29) is 11.9 Å². The second-order valence-corrected chi connectivity index (χ2v) is 7.09. The van der Waals surface area contributed by atoms with Gasteiger partial charge in [0.2, 0.25) is 5.91 Å². The molecule has 0 spiro atoms. The molecule has 0 aliphatic heterocycles. The van der Waals surface area contributed by atoms with Crippen LogP contribution in [0.3, 0.4) is 0 Å². The summed E-state index contributed by atoms with van der Waals surface area (Å²) in [6.45, 7) is 3.22. The summed E-state index contributed by atoms with van der Waals surface area (Å²) in [6, 6.07) is 14.3. The van der Waals surface area contributed by atoms with Gasteiger partial charge in [-0.2, -0.15) is 0 Å². The molecule has 3 aromatic rings. The van der Waals surface area contributed by atoms with Gasteiger partial charge in [-0.05, 0) is 37.1 Å². The van der Waals surface area contributed by atoms with E-state index in [2.05, 4.69) is 5.32 Å². The smallest absolute Gasteiger partial charge is 0.418 e. The van der Waals surface area contributed by atoms with E-state index in [4.69, 9.17) is 9.47 Å².